The molecule has 1 atom stereocenters. The predicted molar refractivity (Wildman–Crippen MR) is 74.9 cm³/mol. The van der Waals surface area contributed by atoms with Gasteiger partial charge in [0.15, 0.2) is 11.9 Å². The fourth-order valence-corrected chi connectivity index (χ4v) is 1.61. The standard InChI is InChI=1S/C15H16N2O4/c1-11(15(18)19-2)21-14-13(8-16-10-17-14)20-9-12-6-4-3-5-7-12/h3-8,10-11H,9H2,1-2H3. The Kier molecular flexibility index (Phi) is 5.09. The van der Waals surface area contributed by atoms with Gasteiger partial charge < -0.3 is 14.2 Å². The molecule has 0 bridgehead atoms. The third kappa shape index (κ3) is 4.17. The first-order valence-electron chi connectivity index (χ1n) is 6.42. The van der Waals surface area contributed by atoms with Crippen LogP contribution in [0.1, 0.15) is 12.5 Å². The molecule has 6 heteroatoms. The van der Waals surface area contributed by atoms with Crippen molar-refractivity contribution in [1.82, 2.24) is 9.97 Å². The fourth-order valence-electron chi connectivity index (χ4n) is 1.61. The molecule has 0 saturated carbocycles. The second-order valence-corrected chi connectivity index (χ2v) is 4.25. The zero-order chi connectivity index (χ0) is 15.1. The molecule has 21 heavy (non-hydrogen) atoms. The smallest absolute Gasteiger partial charge is 0.346 e. The van der Waals surface area contributed by atoms with Crippen molar-refractivity contribution in [1.29, 1.82) is 0 Å². The second kappa shape index (κ2) is 7.23. The van der Waals surface area contributed by atoms with E-state index in [1.165, 1.54) is 19.6 Å². The minimum Gasteiger partial charge on any atom is -0.482 e. The Bertz CT molecular complexity index is 589. The number of carbonyl (C=O) groups excluding carboxylic acids is 1. The molecule has 0 aliphatic carbocycles. The van der Waals surface area contributed by atoms with Crippen molar-refractivity contribution >= 4 is 5.97 Å². The normalized spacial score (nSPS) is 11.5. The van der Waals surface area contributed by atoms with Gasteiger partial charge in [0.1, 0.15) is 12.9 Å². The van der Waals surface area contributed by atoms with Gasteiger partial charge in [-0.25, -0.2) is 9.78 Å². The Morgan fingerprint density at radius 1 is 1.29 bits per heavy atom. The highest BCUT2D eigenvalue weighted by atomic mass is 16.6. The third-order valence-corrected chi connectivity index (χ3v) is 2.70. The van der Waals surface area contributed by atoms with Crippen molar-refractivity contribution in [2.75, 3.05) is 7.11 Å². The molecule has 2 aromatic rings. The number of ether oxygens (including phenoxy) is 3. The molecule has 0 aliphatic heterocycles. The van der Waals surface area contributed by atoms with Crippen LogP contribution in [0.15, 0.2) is 42.9 Å². The van der Waals surface area contributed by atoms with E-state index in [1.807, 2.05) is 30.3 Å². The quantitative estimate of drug-likeness (QED) is 0.757. The zero-order valence-corrected chi connectivity index (χ0v) is 11.9. The number of nitrogens with zero attached hydrogens (tertiary/aromatic N) is 2. The highest BCUT2D eigenvalue weighted by molar-refractivity contribution is 5.74. The Balaban J connectivity index is 2.04. The molecule has 110 valence electrons. The van der Waals surface area contributed by atoms with Gasteiger partial charge in [0.25, 0.3) is 5.88 Å². The second-order valence-electron chi connectivity index (χ2n) is 4.25. The first-order chi connectivity index (χ1) is 10.2. The number of aromatic nitrogens is 2. The van der Waals surface area contributed by atoms with Gasteiger partial charge >= 0.3 is 5.97 Å². The van der Waals surface area contributed by atoms with E-state index in [1.54, 1.807) is 6.92 Å². The number of esters is 1. The average Bonchev–Trinajstić information content (AvgIpc) is 2.54. The molecule has 0 saturated heterocycles. The minimum absolute atomic E-state index is 0.207. The SMILES string of the molecule is COC(=O)C(C)Oc1ncncc1OCc1ccccc1. The number of hydrogen-bond donors (Lipinski definition) is 0. The molecule has 0 fully saturated rings. The van der Waals surface area contributed by atoms with E-state index < -0.39 is 12.1 Å². The van der Waals surface area contributed by atoms with Crippen LogP contribution in [0, 0.1) is 0 Å². The summed E-state index contributed by atoms with van der Waals surface area (Å²) in [5.74, 6) is 0.0959. The highest BCUT2D eigenvalue weighted by Gasteiger charge is 2.18. The summed E-state index contributed by atoms with van der Waals surface area (Å²) in [6, 6.07) is 9.68. The van der Waals surface area contributed by atoms with Gasteiger partial charge in [-0.2, -0.15) is 4.98 Å². The van der Waals surface area contributed by atoms with Gasteiger partial charge in [-0.1, -0.05) is 30.3 Å². The molecule has 1 aromatic carbocycles. The maximum atomic E-state index is 11.4. The number of hydrogen-bond acceptors (Lipinski definition) is 6. The summed E-state index contributed by atoms with van der Waals surface area (Å²) in [4.78, 5) is 19.3. The van der Waals surface area contributed by atoms with Crippen LogP contribution in [-0.4, -0.2) is 29.2 Å². The molecular formula is C15H16N2O4. The summed E-state index contributed by atoms with van der Waals surface area (Å²) in [7, 11) is 1.30. The molecule has 6 nitrogen and oxygen atoms in total. The van der Waals surface area contributed by atoms with E-state index in [-0.39, 0.29) is 5.88 Å². The summed E-state index contributed by atoms with van der Waals surface area (Å²) in [5, 5.41) is 0. The fraction of sp³-hybridized carbons (Fsp3) is 0.267. The van der Waals surface area contributed by atoms with E-state index >= 15 is 0 Å². The number of methoxy groups -OCH3 is 1. The molecule has 1 heterocycles. The molecule has 0 spiro atoms. The van der Waals surface area contributed by atoms with Crippen LogP contribution in [0.25, 0.3) is 0 Å². The van der Waals surface area contributed by atoms with Crippen LogP contribution < -0.4 is 9.47 Å². The maximum absolute atomic E-state index is 11.4. The van der Waals surface area contributed by atoms with Gasteiger partial charge in [0, 0.05) is 0 Å². The van der Waals surface area contributed by atoms with Crippen LogP contribution in [0.4, 0.5) is 0 Å². The van der Waals surface area contributed by atoms with Crippen LogP contribution in [0.2, 0.25) is 0 Å². The van der Waals surface area contributed by atoms with Gasteiger partial charge in [-0.15, -0.1) is 0 Å². The zero-order valence-electron chi connectivity index (χ0n) is 11.9. The van der Waals surface area contributed by atoms with Crippen molar-refractivity contribution in [3.05, 3.63) is 48.4 Å². The largest absolute Gasteiger partial charge is 0.482 e. The molecule has 1 aromatic heterocycles. The monoisotopic (exact) mass is 288 g/mol. The predicted octanol–water partition coefficient (Wildman–Crippen LogP) is 2.00. The first kappa shape index (κ1) is 14.8. The Labute approximate surface area is 122 Å². The van der Waals surface area contributed by atoms with Crippen molar-refractivity contribution in [2.24, 2.45) is 0 Å². The topological polar surface area (TPSA) is 70.5 Å². The van der Waals surface area contributed by atoms with E-state index in [0.717, 1.165) is 5.56 Å². The summed E-state index contributed by atoms with van der Waals surface area (Å²) in [6.07, 6.45) is 2.05. The van der Waals surface area contributed by atoms with Crippen molar-refractivity contribution in [3.8, 4) is 11.6 Å². The minimum atomic E-state index is -0.774. The lowest BCUT2D eigenvalue weighted by molar-refractivity contribution is -0.148. The summed E-state index contributed by atoms with van der Waals surface area (Å²) >= 11 is 0. The Morgan fingerprint density at radius 3 is 2.76 bits per heavy atom. The number of rotatable bonds is 6. The Morgan fingerprint density at radius 2 is 2.05 bits per heavy atom. The first-order valence-corrected chi connectivity index (χ1v) is 6.42. The molecule has 0 amide bonds. The average molecular weight is 288 g/mol. The molecule has 2 rings (SSSR count). The summed E-state index contributed by atoms with van der Waals surface area (Å²) < 4.78 is 15.7. The van der Waals surface area contributed by atoms with Gasteiger partial charge in [-0.05, 0) is 12.5 Å². The van der Waals surface area contributed by atoms with Crippen molar-refractivity contribution in [2.45, 2.75) is 19.6 Å². The lowest BCUT2D eigenvalue weighted by Gasteiger charge is -2.14. The van der Waals surface area contributed by atoms with Gasteiger partial charge in [0.05, 0.1) is 13.3 Å². The number of carbonyl (C=O) groups is 1. The van der Waals surface area contributed by atoms with Crippen molar-refractivity contribution in [3.63, 3.8) is 0 Å². The van der Waals surface area contributed by atoms with Crippen LogP contribution >= 0.6 is 0 Å². The lowest BCUT2D eigenvalue weighted by Crippen LogP contribution is -2.25. The molecule has 0 N–H and O–H groups in total. The summed E-state index contributed by atoms with van der Waals surface area (Å²) in [5.41, 5.74) is 1.01. The lowest BCUT2D eigenvalue weighted by atomic mass is 10.2. The van der Waals surface area contributed by atoms with Crippen LogP contribution in [0.5, 0.6) is 11.6 Å². The molecule has 0 radical (unpaired) electrons. The van der Waals surface area contributed by atoms with Crippen LogP contribution in [0.3, 0.4) is 0 Å². The van der Waals surface area contributed by atoms with Crippen LogP contribution in [-0.2, 0) is 16.1 Å². The number of benzene rings is 1. The molecule has 1 unspecified atom stereocenters. The van der Waals surface area contributed by atoms with E-state index in [2.05, 4.69) is 14.7 Å². The Hall–Kier alpha value is -2.63. The molecular weight excluding hydrogens is 272 g/mol. The third-order valence-electron chi connectivity index (χ3n) is 2.70. The summed E-state index contributed by atoms with van der Waals surface area (Å²) in [6.45, 7) is 1.94. The van der Waals surface area contributed by atoms with E-state index in [9.17, 15) is 4.79 Å². The maximum Gasteiger partial charge on any atom is 0.346 e. The van der Waals surface area contributed by atoms with Gasteiger partial charge in [0.2, 0.25) is 0 Å². The molecule has 0 aliphatic rings. The van der Waals surface area contributed by atoms with Crippen molar-refractivity contribution < 1.29 is 19.0 Å². The van der Waals surface area contributed by atoms with E-state index in [4.69, 9.17) is 9.47 Å². The highest BCUT2D eigenvalue weighted by Crippen LogP contribution is 2.24. The van der Waals surface area contributed by atoms with Gasteiger partial charge in [-0.3, -0.25) is 0 Å². The van der Waals surface area contributed by atoms with E-state index in [0.29, 0.717) is 12.4 Å².